The van der Waals surface area contributed by atoms with Gasteiger partial charge in [0.05, 0.1) is 0 Å². The number of ketones is 1. The van der Waals surface area contributed by atoms with Crippen LogP contribution in [0.2, 0.25) is 0 Å². The Kier molecular flexibility index (Phi) is 3.73. The number of carbonyl (C=O) groups excluding carboxylic acids is 1. The van der Waals surface area contributed by atoms with Gasteiger partial charge in [-0.2, -0.15) is 0 Å². The van der Waals surface area contributed by atoms with E-state index in [1.165, 1.54) is 0 Å². The minimum atomic E-state index is 0.450. The molecule has 1 N–H and O–H groups in total. The largest absolute Gasteiger partial charge is 0.316 e. The molecule has 2 heteroatoms. The fourth-order valence-electron chi connectivity index (χ4n) is 1.64. The van der Waals surface area contributed by atoms with Crippen molar-refractivity contribution in [2.24, 2.45) is 11.8 Å². The van der Waals surface area contributed by atoms with E-state index in [1.54, 1.807) is 0 Å². The Bertz CT molecular complexity index is 154. The van der Waals surface area contributed by atoms with Gasteiger partial charge in [-0.3, -0.25) is 4.79 Å². The van der Waals surface area contributed by atoms with Crippen molar-refractivity contribution in [1.29, 1.82) is 0 Å². The third-order valence-corrected chi connectivity index (χ3v) is 2.33. The molecule has 70 valence electrons. The molecule has 2 nitrogen and oxygen atoms in total. The van der Waals surface area contributed by atoms with Gasteiger partial charge in [0.2, 0.25) is 0 Å². The van der Waals surface area contributed by atoms with Gasteiger partial charge in [-0.05, 0) is 31.3 Å². The summed E-state index contributed by atoms with van der Waals surface area (Å²) in [6.45, 7) is 6.51. The maximum atomic E-state index is 10.9. The highest BCUT2D eigenvalue weighted by Gasteiger charge is 2.21. The zero-order valence-electron chi connectivity index (χ0n) is 8.10. The predicted molar refractivity (Wildman–Crippen MR) is 50.1 cm³/mol. The maximum absolute atomic E-state index is 10.9. The highest BCUT2D eigenvalue weighted by molar-refractivity contribution is 5.80. The van der Waals surface area contributed by atoms with E-state index in [2.05, 4.69) is 19.2 Å². The molecule has 0 aliphatic heterocycles. The Balaban J connectivity index is 2.04. The number of nitrogens with one attached hydrogen (secondary N) is 1. The molecule has 0 radical (unpaired) electrons. The van der Waals surface area contributed by atoms with Crippen molar-refractivity contribution in [2.75, 3.05) is 13.1 Å². The van der Waals surface area contributed by atoms with Gasteiger partial charge in [0.1, 0.15) is 5.78 Å². The summed E-state index contributed by atoms with van der Waals surface area (Å²) >= 11 is 0. The molecule has 1 fully saturated rings. The SMILES string of the molecule is CC(C)CNCC1CCC(=O)C1. The fourth-order valence-corrected chi connectivity index (χ4v) is 1.64. The van der Waals surface area contributed by atoms with Crippen LogP contribution < -0.4 is 5.32 Å². The van der Waals surface area contributed by atoms with E-state index in [0.717, 1.165) is 32.4 Å². The Morgan fingerprint density at radius 1 is 1.58 bits per heavy atom. The van der Waals surface area contributed by atoms with Gasteiger partial charge in [-0.25, -0.2) is 0 Å². The normalized spacial score (nSPS) is 23.9. The molecular weight excluding hydrogens is 150 g/mol. The molecule has 1 atom stereocenters. The smallest absolute Gasteiger partial charge is 0.133 e. The first-order valence-electron chi connectivity index (χ1n) is 4.91. The van der Waals surface area contributed by atoms with Crippen molar-refractivity contribution in [3.05, 3.63) is 0 Å². The Hall–Kier alpha value is -0.370. The van der Waals surface area contributed by atoms with E-state index in [4.69, 9.17) is 0 Å². The van der Waals surface area contributed by atoms with Crippen LogP contribution in [-0.2, 0) is 4.79 Å². The quantitative estimate of drug-likeness (QED) is 0.692. The van der Waals surface area contributed by atoms with Gasteiger partial charge in [0.15, 0.2) is 0 Å². The number of rotatable bonds is 4. The lowest BCUT2D eigenvalue weighted by Crippen LogP contribution is -2.25. The number of hydrogen-bond acceptors (Lipinski definition) is 2. The fraction of sp³-hybridized carbons (Fsp3) is 0.900. The van der Waals surface area contributed by atoms with Gasteiger partial charge in [0, 0.05) is 12.8 Å². The Morgan fingerprint density at radius 2 is 2.33 bits per heavy atom. The summed E-state index contributed by atoms with van der Waals surface area (Å²) < 4.78 is 0. The van der Waals surface area contributed by atoms with Crippen molar-refractivity contribution in [3.8, 4) is 0 Å². The summed E-state index contributed by atoms with van der Waals surface area (Å²) in [4.78, 5) is 10.9. The number of hydrogen-bond donors (Lipinski definition) is 1. The van der Waals surface area contributed by atoms with E-state index < -0.39 is 0 Å². The van der Waals surface area contributed by atoms with Crippen molar-refractivity contribution in [2.45, 2.75) is 33.1 Å². The summed E-state index contributed by atoms with van der Waals surface area (Å²) in [7, 11) is 0. The van der Waals surface area contributed by atoms with Crippen molar-refractivity contribution < 1.29 is 4.79 Å². The van der Waals surface area contributed by atoms with Crippen LogP contribution >= 0.6 is 0 Å². The van der Waals surface area contributed by atoms with E-state index >= 15 is 0 Å². The third kappa shape index (κ3) is 3.35. The van der Waals surface area contributed by atoms with Gasteiger partial charge in [0.25, 0.3) is 0 Å². The molecule has 0 bridgehead atoms. The summed E-state index contributed by atoms with van der Waals surface area (Å²) in [6.07, 6.45) is 2.73. The van der Waals surface area contributed by atoms with Gasteiger partial charge >= 0.3 is 0 Å². The minimum Gasteiger partial charge on any atom is -0.316 e. The molecule has 0 aromatic rings. The standard InChI is InChI=1S/C10H19NO/c1-8(2)6-11-7-9-3-4-10(12)5-9/h8-9,11H,3-7H2,1-2H3. The molecule has 0 heterocycles. The van der Waals surface area contributed by atoms with E-state index in [9.17, 15) is 4.79 Å². The summed E-state index contributed by atoms with van der Waals surface area (Å²) in [5, 5.41) is 3.40. The van der Waals surface area contributed by atoms with Crippen LogP contribution in [0.1, 0.15) is 33.1 Å². The van der Waals surface area contributed by atoms with Crippen LogP contribution in [0.25, 0.3) is 0 Å². The molecule has 1 aliphatic rings. The molecule has 0 spiro atoms. The molecule has 1 unspecified atom stereocenters. The Morgan fingerprint density at radius 3 is 2.83 bits per heavy atom. The molecular formula is C10H19NO. The van der Waals surface area contributed by atoms with E-state index in [-0.39, 0.29) is 0 Å². The van der Waals surface area contributed by atoms with Crippen LogP contribution in [0.3, 0.4) is 0 Å². The third-order valence-electron chi connectivity index (χ3n) is 2.33. The second-order valence-electron chi connectivity index (χ2n) is 4.20. The highest BCUT2D eigenvalue weighted by atomic mass is 16.1. The molecule has 1 saturated carbocycles. The lowest BCUT2D eigenvalue weighted by molar-refractivity contribution is -0.117. The first-order chi connectivity index (χ1) is 5.68. The molecule has 1 rings (SSSR count). The number of carbonyl (C=O) groups is 1. The van der Waals surface area contributed by atoms with Crippen molar-refractivity contribution in [1.82, 2.24) is 5.32 Å². The van der Waals surface area contributed by atoms with E-state index in [0.29, 0.717) is 17.6 Å². The first-order valence-corrected chi connectivity index (χ1v) is 4.91. The molecule has 12 heavy (non-hydrogen) atoms. The highest BCUT2D eigenvalue weighted by Crippen LogP contribution is 2.20. The Labute approximate surface area is 74.7 Å². The van der Waals surface area contributed by atoms with Crippen LogP contribution in [0.4, 0.5) is 0 Å². The monoisotopic (exact) mass is 169 g/mol. The van der Waals surface area contributed by atoms with Gasteiger partial charge in [-0.15, -0.1) is 0 Å². The summed E-state index contributed by atoms with van der Waals surface area (Å²) in [5.41, 5.74) is 0. The van der Waals surface area contributed by atoms with Crippen LogP contribution in [-0.4, -0.2) is 18.9 Å². The lowest BCUT2D eigenvalue weighted by Gasteiger charge is -2.11. The molecule has 0 saturated heterocycles. The second-order valence-corrected chi connectivity index (χ2v) is 4.20. The van der Waals surface area contributed by atoms with E-state index in [1.807, 2.05) is 0 Å². The zero-order chi connectivity index (χ0) is 8.97. The second kappa shape index (κ2) is 4.61. The van der Waals surface area contributed by atoms with Crippen molar-refractivity contribution >= 4 is 5.78 Å². The van der Waals surface area contributed by atoms with Gasteiger partial charge < -0.3 is 5.32 Å². The topological polar surface area (TPSA) is 29.1 Å². The average Bonchev–Trinajstić information content (AvgIpc) is 2.35. The molecule has 1 aliphatic carbocycles. The summed E-state index contributed by atoms with van der Waals surface area (Å²) in [6, 6.07) is 0. The van der Waals surface area contributed by atoms with Crippen LogP contribution in [0.5, 0.6) is 0 Å². The number of Topliss-reactive ketones (excluding diaryl/α,β-unsaturated/α-hetero) is 1. The van der Waals surface area contributed by atoms with Crippen LogP contribution in [0, 0.1) is 11.8 Å². The zero-order valence-corrected chi connectivity index (χ0v) is 8.10. The molecule has 0 amide bonds. The maximum Gasteiger partial charge on any atom is 0.133 e. The van der Waals surface area contributed by atoms with Crippen molar-refractivity contribution in [3.63, 3.8) is 0 Å². The average molecular weight is 169 g/mol. The molecule has 0 aromatic carbocycles. The molecule has 0 aromatic heterocycles. The predicted octanol–water partition coefficient (Wildman–Crippen LogP) is 1.60. The summed E-state index contributed by atoms with van der Waals surface area (Å²) in [5.74, 6) is 1.78. The van der Waals surface area contributed by atoms with Crippen LogP contribution in [0.15, 0.2) is 0 Å². The first kappa shape index (κ1) is 9.72. The lowest BCUT2D eigenvalue weighted by atomic mass is 10.1. The minimum absolute atomic E-state index is 0.450. The van der Waals surface area contributed by atoms with Gasteiger partial charge in [-0.1, -0.05) is 13.8 Å².